The van der Waals surface area contributed by atoms with Crippen LogP contribution in [0.1, 0.15) is 51.9 Å². The van der Waals surface area contributed by atoms with E-state index in [2.05, 4.69) is 6.92 Å². The lowest BCUT2D eigenvalue weighted by atomic mass is 10.2. The van der Waals surface area contributed by atoms with Crippen LogP contribution in [0.2, 0.25) is 0 Å². The molecule has 0 fully saturated rings. The molecule has 0 spiro atoms. The molecular formula is C13H26O4. The van der Waals surface area contributed by atoms with Gasteiger partial charge in [-0.1, -0.05) is 32.6 Å². The average molecular weight is 246 g/mol. The molecule has 0 saturated carbocycles. The van der Waals surface area contributed by atoms with Crippen LogP contribution >= 0.6 is 0 Å². The van der Waals surface area contributed by atoms with Crippen LogP contribution in [-0.2, 0) is 14.3 Å². The minimum Gasteiger partial charge on any atom is -0.481 e. The molecule has 17 heavy (non-hydrogen) atoms. The first kappa shape index (κ1) is 16.4. The van der Waals surface area contributed by atoms with Crippen LogP contribution in [0.5, 0.6) is 0 Å². The van der Waals surface area contributed by atoms with Crippen molar-refractivity contribution in [2.75, 3.05) is 26.4 Å². The summed E-state index contributed by atoms with van der Waals surface area (Å²) in [6.45, 7) is 4.70. The lowest BCUT2D eigenvalue weighted by molar-refractivity contribution is -0.137. The molecule has 4 heteroatoms. The number of aliphatic carboxylic acids is 1. The third kappa shape index (κ3) is 15.4. The molecule has 0 bridgehead atoms. The molecule has 0 heterocycles. The van der Waals surface area contributed by atoms with E-state index in [9.17, 15) is 4.79 Å². The van der Waals surface area contributed by atoms with E-state index in [1.807, 2.05) is 0 Å². The summed E-state index contributed by atoms with van der Waals surface area (Å²) >= 11 is 0. The maximum Gasteiger partial charge on any atom is 0.303 e. The van der Waals surface area contributed by atoms with Gasteiger partial charge in [0.15, 0.2) is 0 Å². The predicted octanol–water partition coefficient (Wildman–Crippen LogP) is 2.85. The van der Waals surface area contributed by atoms with Gasteiger partial charge in [0.05, 0.1) is 13.2 Å². The van der Waals surface area contributed by atoms with Gasteiger partial charge in [-0.05, 0) is 12.8 Å². The largest absolute Gasteiger partial charge is 0.481 e. The van der Waals surface area contributed by atoms with Gasteiger partial charge in [0.1, 0.15) is 0 Å². The topological polar surface area (TPSA) is 55.8 Å². The van der Waals surface area contributed by atoms with E-state index in [1.54, 1.807) is 0 Å². The van der Waals surface area contributed by atoms with Gasteiger partial charge in [-0.25, -0.2) is 0 Å². The SMILES string of the molecule is CCCCCCCOCCOCCCC(=O)O. The minimum absolute atomic E-state index is 0.179. The zero-order chi connectivity index (χ0) is 12.8. The molecule has 0 aromatic rings. The third-order valence-corrected chi connectivity index (χ3v) is 2.44. The Bertz CT molecular complexity index is 171. The summed E-state index contributed by atoms with van der Waals surface area (Å²) < 4.78 is 10.6. The van der Waals surface area contributed by atoms with Crippen molar-refractivity contribution < 1.29 is 19.4 Å². The molecule has 0 unspecified atom stereocenters. The highest BCUT2D eigenvalue weighted by Crippen LogP contribution is 2.02. The Hall–Kier alpha value is -0.610. The number of carbonyl (C=O) groups is 1. The molecule has 102 valence electrons. The van der Waals surface area contributed by atoms with Crippen molar-refractivity contribution in [1.82, 2.24) is 0 Å². The Morgan fingerprint density at radius 1 is 0.882 bits per heavy atom. The van der Waals surface area contributed by atoms with Gasteiger partial charge in [0.25, 0.3) is 0 Å². The van der Waals surface area contributed by atoms with Crippen LogP contribution in [0.3, 0.4) is 0 Å². The fourth-order valence-electron chi connectivity index (χ4n) is 1.46. The quantitative estimate of drug-likeness (QED) is 0.508. The van der Waals surface area contributed by atoms with Crippen molar-refractivity contribution >= 4 is 5.97 Å². The zero-order valence-electron chi connectivity index (χ0n) is 11.0. The van der Waals surface area contributed by atoms with E-state index in [4.69, 9.17) is 14.6 Å². The molecule has 0 atom stereocenters. The maximum absolute atomic E-state index is 10.2. The molecule has 0 saturated heterocycles. The van der Waals surface area contributed by atoms with E-state index < -0.39 is 5.97 Å². The summed E-state index contributed by atoms with van der Waals surface area (Å²) in [7, 11) is 0. The Morgan fingerprint density at radius 3 is 2.06 bits per heavy atom. The second kappa shape index (κ2) is 13.5. The lowest BCUT2D eigenvalue weighted by Crippen LogP contribution is -2.07. The smallest absolute Gasteiger partial charge is 0.303 e. The summed E-state index contributed by atoms with van der Waals surface area (Å²) in [6, 6.07) is 0. The Morgan fingerprint density at radius 2 is 1.47 bits per heavy atom. The van der Waals surface area contributed by atoms with Crippen molar-refractivity contribution in [3.05, 3.63) is 0 Å². The molecule has 0 radical (unpaired) electrons. The molecule has 4 nitrogen and oxygen atoms in total. The van der Waals surface area contributed by atoms with Crippen molar-refractivity contribution in [3.8, 4) is 0 Å². The number of hydrogen-bond acceptors (Lipinski definition) is 3. The van der Waals surface area contributed by atoms with Crippen LogP contribution in [-0.4, -0.2) is 37.5 Å². The highest BCUT2D eigenvalue weighted by Gasteiger charge is 1.96. The van der Waals surface area contributed by atoms with Gasteiger partial charge in [-0.2, -0.15) is 0 Å². The van der Waals surface area contributed by atoms with Gasteiger partial charge in [-0.3, -0.25) is 4.79 Å². The minimum atomic E-state index is -0.767. The van der Waals surface area contributed by atoms with Crippen LogP contribution < -0.4 is 0 Å². The highest BCUT2D eigenvalue weighted by atomic mass is 16.5. The molecular weight excluding hydrogens is 220 g/mol. The molecule has 0 aliphatic heterocycles. The number of carboxylic acids is 1. The first-order valence-electron chi connectivity index (χ1n) is 6.64. The van der Waals surface area contributed by atoms with Gasteiger partial charge < -0.3 is 14.6 Å². The number of rotatable bonds is 13. The first-order chi connectivity index (χ1) is 8.27. The Kier molecular flexibility index (Phi) is 13.0. The monoisotopic (exact) mass is 246 g/mol. The molecule has 0 aromatic carbocycles. The predicted molar refractivity (Wildman–Crippen MR) is 67.3 cm³/mol. The lowest BCUT2D eigenvalue weighted by Gasteiger charge is -2.05. The second-order valence-electron chi connectivity index (χ2n) is 4.14. The van der Waals surface area contributed by atoms with Crippen molar-refractivity contribution in [1.29, 1.82) is 0 Å². The van der Waals surface area contributed by atoms with E-state index in [0.29, 0.717) is 26.2 Å². The fraction of sp³-hybridized carbons (Fsp3) is 0.923. The third-order valence-electron chi connectivity index (χ3n) is 2.44. The van der Waals surface area contributed by atoms with E-state index in [-0.39, 0.29) is 6.42 Å². The highest BCUT2D eigenvalue weighted by molar-refractivity contribution is 5.66. The summed E-state index contributed by atoms with van der Waals surface area (Å²) in [4.78, 5) is 10.2. The van der Waals surface area contributed by atoms with Crippen molar-refractivity contribution in [2.45, 2.75) is 51.9 Å². The molecule has 0 amide bonds. The summed E-state index contributed by atoms with van der Waals surface area (Å²) in [5.74, 6) is -0.767. The van der Waals surface area contributed by atoms with E-state index in [1.165, 1.54) is 25.7 Å². The number of carboxylic acid groups (broad SMARTS) is 1. The second-order valence-corrected chi connectivity index (χ2v) is 4.14. The Balaban J connectivity index is 2.91. The first-order valence-corrected chi connectivity index (χ1v) is 6.64. The van der Waals surface area contributed by atoms with Gasteiger partial charge in [-0.15, -0.1) is 0 Å². The van der Waals surface area contributed by atoms with E-state index in [0.717, 1.165) is 13.0 Å². The van der Waals surface area contributed by atoms with Crippen LogP contribution in [0.15, 0.2) is 0 Å². The number of ether oxygens (including phenoxy) is 2. The van der Waals surface area contributed by atoms with Crippen LogP contribution in [0.4, 0.5) is 0 Å². The summed E-state index contributed by atoms with van der Waals surface area (Å²) in [5.41, 5.74) is 0. The van der Waals surface area contributed by atoms with Gasteiger partial charge in [0.2, 0.25) is 0 Å². The van der Waals surface area contributed by atoms with Crippen LogP contribution in [0, 0.1) is 0 Å². The average Bonchev–Trinajstić information content (AvgIpc) is 2.30. The molecule has 0 aliphatic carbocycles. The van der Waals surface area contributed by atoms with Gasteiger partial charge >= 0.3 is 5.97 Å². The molecule has 1 N–H and O–H groups in total. The molecule has 0 aliphatic rings. The molecule has 0 aromatic heterocycles. The number of unbranched alkanes of at least 4 members (excludes halogenated alkanes) is 4. The van der Waals surface area contributed by atoms with Crippen LogP contribution in [0.25, 0.3) is 0 Å². The molecule has 0 rings (SSSR count). The van der Waals surface area contributed by atoms with Crippen molar-refractivity contribution in [3.63, 3.8) is 0 Å². The fourth-order valence-corrected chi connectivity index (χ4v) is 1.46. The maximum atomic E-state index is 10.2. The van der Waals surface area contributed by atoms with Crippen molar-refractivity contribution in [2.24, 2.45) is 0 Å². The number of hydrogen-bond donors (Lipinski definition) is 1. The van der Waals surface area contributed by atoms with E-state index >= 15 is 0 Å². The summed E-state index contributed by atoms with van der Waals surface area (Å²) in [6.07, 6.45) is 7.00. The normalized spacial score (nSPS) is 10.6. The Labute approximate surface area is 104 Å². The van der Waals surface area contributed by atoms with Gasteiger partial charge in [0, 0.05) is 19.6 Å². The standard InChI is InChI=1S/C13H26O4/c1-2-3-4-5-6-9-16-11-12-17-10-7-8-13(14)15/h2-12H2,1H3,(H,14,15). The summed E-state index contributed by atoms with van der Waals surface area (Å²) in [5, 5.41) is 8.39. The zero-order valence-corrected chi connectivity index (χ0v) is 11.0.